The summed E-state index contributed by atoms with van der Waals surface area (Å²) in [6, 6.07) is 8.25. The Hall–Kier alpha value is -4.03. The van der Waals surface area contributed by atoms with Gasteiger partial charge in [-0.05, 0) is 36.8 Å². The Morgan fingerprint density at radius 2 is 2.08 bits per heavy atom. The van der Waals surface area contributed by atoms with Crippen LogP contribution in [-0.4, -0.2) is 71.3 Å². The monoisotopic (exact) mass is 495 g/mol. The van der Waals surface area contributed by atoms with Crippen molar-refractivity contribution in [3.05, 3.63) is 59.3 Å². The fraction of sp³-hybridized carbons (Fsp3) is 0.333. The van der Waals surface area contributed by atoms with Crippen LogP contribution in [-0.2, 0) is 0 Å². The first kappa shape index (κ1) is 25.1. The summed E-state index contributed by atoms with van der Waals surface area (Å²) in [7, 11) is 0. The Bertz CT molecular complexity index is 1220. The van der Waals surface area contributed by atoms with Crippen LogP contribution in [0, 0.1) is 11.2 Å². The number of aromatic nitrogens is 2. The predicted molar refractivity (Wildman–Crippen MR) is 138 cm³/mol. The molecule has 0 amide bonds. The average Bonchev–Trinajstić information content (AvgIpc) is 3.40. The topological polar surface area (TPSA) is 166 Å². The molecule has 3 aromatic rings. The third kappa shape index (κ3) is 5.78. The van der Waals surface area contributed by atoms with Crippen molar-refractivity contribution in [2.24, 2.45) is 10.7 Å². The van der Waals surface area contributed by atoms with Crippen LogP contribution in [0.3, 0.4) is 0 Å². The highest BCUT2D eigenvalue weighted by Crippen LogP contribution is 2.25. The van der Waals surface area contributed by atoms with Crippen LogP contribution < -0.4 is 21.7 Å². The molecule has 1 aromatic carbocycles. The number of furan rings is 1. The molecule has 1 aliphatic heterocycles. The standard InChI is InChI=1S/C24H30FN9O2/c1-15(35)16-4-5-19(18(25)13-16)34-10-8-33(9-11-34)7-6-29-22-17(14-26)23(32-24(28)31-22)30-21(27)20-3-2-12-36-20/h2-5,12-15,26,35H,6-11H2,1H3,(H5,27,28,29,30,31,32). The van der Waals surface area contributed by atoms with E-state index in [1.165, 1.54) is 12.3 Å². The molecule has 190 valence electrons. The van der Waals surface area contributed by atoms with E-state index in [1.54, 1.807) is 31.2 Å². The lowest BCUT2D eigenvalue weighted by Gasteiger charge is -2.36. The molecule has 1 aliphatic rings. The molecule has 4 rings (SSSR count). The number of nitrogens with zero attached hydrogens (tertiary/aromatic N) is 5. The molecule has 0 radical (unpaired) electrons. The number of hydrogen-bond donors (Lipinski definition) is 5. The quantitative estimate of drug-likeness (QED) is 0.221. The molecule has 1 atom stereocenters. The van der Waals surface area contributed by atoms with E-state index in [9.17, 15) is 9.50 Å². The van der Waals surface area contributed by atoms with Crippen molar-refractivity contribution >= 4 is 35.3 Å². The van der Waals surface area contributed by atoms with E-state index >= 15 is 0 Å². The van der Waals surface area contributed by atoms with E-state index in [4.69, 9.17) is 21.3 Å². The van der Waals surface area contributed by atoms with Crippen molar-refractivity contribution in [2.45, 2.75) is 13.0 Å². The molecular formula is C24H30FN9O2. The molecule has 3 heterocycles. The highest BCUT2D eigenvalue weighted by Gasteiger charge is 2.20. The van der Waals surface area contributed by atoms with E-state index < -0.39 is 6.10 Å². The van der Waals surface area contributed by atoms with Crippen LogP contribution in [0.1, 0.15) is 29.9 Å². The van der Waals surface area contributed by atoms with Gasteiger partial charge in [-0.2, -0.15) is 9.97 Å². The van der Waals surface area contributed by atoms with Crippen molar-refractivity contribution in [3.63, 3.8) is 0 Å². The number of anilines is 3. The molecule has 7 N–H and O–H groups in total. The third-order valence-electron chi connectivity index (χ3n) is 5.97. The van der Waals surface area contributed by atoms with Gasteiger partial charge in [-0.25, -0.2) is 9.38 Å². The van der Waals surface area contributed by atoms with Crippen molar-refractivity contribution < 1.29 is 13.9 Å². The van der Waals surface area contributed by atoms with Crippen LogP contribution in [0.4, 0.5) is 27.7 Å². The number of aliphatic hydroxyl groups is 1. The molecule has 1 saturated heterocycles. The Morgan fingerprint density at radius 3 is 2.72 bits per heavy atom. The average molecular weight is 496 g/mol. The summed E-state index contributed by atoms with van der Waals surface area (Å²) in [6.07, 6.45) is 1.89. The van der Waals surface area contributed by atoms with Gasteiger partial charge in [0.25, 0.3) is 0 Å². The van der Waals surface area contributed by atoms with E-state index in [1.807, 2.05) is 4.90 Å². The van der Waals surface area contributed by atoms with Crippen LogP contribution in [0.25, 0.3) is 0 Å². The minimum Gasteiger partial charge on any atom is -0.461 e. The summed E-state index contributed by atoms with van der Waals surface area (Å²) in [5.74, 6) is 0.743. The lowest BCUT2D eigenvalue weighted by molar-refractivity contribution is 0.199. The van der Waals surface area contributed by atoms with Crippen LogP contribution in [0.15, 0.2) is 46.0 Å². The molecule has 0 saturated carbocycles. The minimum atomic E-state index is -0.701. The first-order valence-electron chi connectivity index (χ1n) is 11.6. The molecule has 11 nitrogen and oxygen atoms in total. The van der Waals surface area contributed by atoms with Gasteiger partial charge in [-0.1, -0.05) is 6.07 Å². The van der Waals surface area contributed by atoms with E-state index in [0.717, 1.165) is 19.3 Å². The number of amidine groups is 1. The van der Waals surface area contributed by atoms with Crippen molar-refractivity contribution in [3.8, 4) is 0 Å². The zero-order valence-corrected chi connectivity index (χ0v) is 20.0. The Kier molecular flexibility index (Phi) is 7.76. The van der Waals surface area contributed by atoms with Gasteiger partial charge in [0.2, 0.25) is 5.95 Å². The number of benzene rings is 1. The maximum Gasteiger partial charge on any atom is 0.224 e. The summed E-state index contributed by atoms with van der Waals surface area (Å²) >= 11 is 0. The lowest BCUT2D eigenvalue weighted by Crippen LogP contribution is -2.48. The number of aliphatic hydroxyl groups excluding tert-OH is 1. The molecule has 1 unspecified atom stereocenters. The van der Waals surface area contributed by atoms with Gasteiger partial charge in [0.15, 0.2) is 17.4 Å². The van der Waals surface area contributed by atoms with E-state index in [0.29, 0.717) is 54.6 Å². The smallest absolute Gasteiger partial charge is 0.224 e. The van der Waals surface area contributed by atoms with Gasteiger partial charge in [0.1, 0.15) is 11.6 Å². The Labute approximate surface area is 208 Å². The molecule has 0 aliphatic carbocycles. The SMILES string of the molecule is CC(O)c1ccc(N2CCN(CCNc3nc(N)nc(N=C(N)c4ccco4)c3C=N)CC2)c(F)c1. The number of rotatable bonds is 9. The van der Waals surface area contributed by atoms with Crippen molar-refractivity contribution in [1.29, 1.82) is 5.41 Å². The molecule has 36 heavy (non-hydrogen) atoms. The van der Waals surface area contributed by atoms with Crippen LogP contribution in [0.5, 0.6) is 0 Å². The molecule has 2 aromatic heterocycles. The summed E-state index contributed by atoms with van der Waals surface area (Å²) in [4.78, 5) is 16.9. The fourth-order valence-electron chi connectivity index (χ4n) is 4.01. The number of nitrogens with two attached hydrogens (primary N) is 2. The molecule has 12 heteroatoms. The normalized spacial score (nSPS) is 15.6. The third-order valence-corrected chi connectivity index (χ3v) is 5.97. The zero-order chi connectivity index (χ0) is 25.7. The maximum atomic E-state index is 14.5. The predicted octanol–water partition coefficient (Wildman–Crippen LogP) is 2.11. The second kappa shape index (κ2) is 11.1. The number of piperazine rings is 1. The number of aliphatic imine (C=N–C) groups is 1. The van der Waals surface area contributed by atoms with E-state index in [2.05, 4.69) is 25.2 Å². The van der Waals surface area contributed by atoms with Gasteiger partial charge in [0, 0.05) is 45.5 Å². The molecule has 1 fully saturated rings. The van der Waals surface area contributed by atoms with Gasteiger partial charge >= 0.3 is 0 Å². The van der Waals surface area contributed by atoms with Crippen molar-refractivity contribution in [1.82, 2.24) is 14.9 Å². The van der Waals surface area contributed by atoms with Crippen LogP contribution >= 0.6 is 0 Å². The van der Waals surface area contributed by atoms with Crippen LogP contribution in [0.2, 0.25) is 0 Å². The minimum absolute atomic E-state index is 0.00588. The number of halogens is 1. The van der Waals surface area contributed by atoms with Crippen molar-refractivity contribution in [2.75, 3.05) is 55.2 Å². The highest BCUT2D eigenvalue weighted by molar-refractivity contribution is 5.99. The first-order chi connectivity index (χ1) is 17.4. The molecular weight excluding hydrogens is 465 g/mol. The number of hydrogen-bond acceptors (Lipinski definition) is 10. The summed E-state index contributed by atoms with van der Waals surface area (Å²) in [6.45, 7) is 5.77. The van der Waals surface area contributed by atoms with E-state index in [-0.39, 0.29) is 23.4 Å². The fourth-order valence-corrected chi connectivity index (χ4v) is 4.01. The lowest BCUT2D eigenvalue weighted by atomic mass is 10.1. The zero-order valence-electron chi connectivity index (χ0n) is 20.0. The van der Waals surface area contributed by atoms with Gasteiger partial charge in [0.05, 0.1) is 23.6 Å². The molecule has 0 spiro atoms. The second-order valence-electron chi connectivity index (χ2n) is 8.43. The van der Waals surface area contributed by atoms with Gasteiger partial charge in [-0.15, -0.1) is 0 Å². The molecule has 0 bridgehead atoms. The van der Waals surface area contributed by atoms with Gasteiger partial charge in [-0.3, -0.25) is 4.90 Å². The van der Waals surface area contributed by atoms with Gasteiger partial charge < -0.3 is 36.6 Å². The Balaban J connectivity index is 1.35. The largest absolute Gasteiger partial charge is 0.461 e. The number of nitrogen functional groups attached to an aromatic ring is 1. The summed E-state index contributed by atoms with van der Waals surface area (Å²) in [5.41, 5.74) is 13.3. The summed E-state index contributed by atoms with van der Waals surface area (Å²) < 4.78 is 19.8. The summed E-state index contributed by atoms with van der Waals surface area (Å²) in [5, 5.41) is 20.7. The highest BCUT2D eigenvalue weighted by atomic mass is 19.1. The number of nitrogens with one attached hydrogen (secondary N) is 2. The Morgan fingerprint density at radius 1 is 1.31 bits per heavy atom. The maximum absolute atomic E-state index is 14.5. The second-order valence-corrected chi connectivity index (χ2v) is 8.43. The first-order valence-corrected chi connectivity index (χ1v) is 11.6.